The van der Waals surface area contributed by atoms with Crippen LogP contribution in [-0.4, -0.2) is 24.7 Å². The van der Waals surface area contributed by atoms with Crippen molar-refractivity contribution in [2.75, 3.05) is 13.7 Å². The van der Waals surface area contributed by atoms with E-state index in [0.717, 1.165) is 29.5 Å². The highest BCUT2D eigenvalue weighted by molar-refractivity contribution is 5.95. The molecule has 1 heterocycles. The van der Waals surface area contributed by atoms with E-state index in [4.69, 9.17) is 9.47 Å². The molecule has 0 radical (unpaired) electrons. The molecule has 0 spiro atoms. The van der Waals surface area contributed by atoms with E-state index in [0.29, 0.717) is 18.2 Å². The van der Waals surface area contributed by atoms with E-state index in [2.05, 4.69) is 71.7 Å². The molecule has 1 aromatic heterocycles. The number of rotatable bonds is 5. The van der Waals surface area contributed by atoms with Crippen LogP contribution in [0.25, 0.3) is 10.9 Å². The van der Waals surface area contributed by atoms with Crippen LogP contribution in [0.1, 0.15) is 57.9 Å². The number of benzene rings is 3. The quantitative estimate of drug-likeness (QED) is 0.387. The summed E-state index contributed by atoms with van der Waals surface area (Å²) in [5.74, 6) is 1.21. The van der Waals surface area contributed by atoms with Crippen LogP contribution >= 0.6 is 0 Å². The number of methoxy groups -OCH3 is 1. The molecule has 5 rings (SSSR count). The summed E-state index contributed by atoms with van der Waals surface area (Å²) in [5, 5.41) is 1.03. The molecular formula is C28H27NO3. The lowest BCUT2D eigenvalue weighted by Crippen LogP contribution is -2.20. The first kappa shape index (κ1) is 20.4. The zero-order valence-corrected chi connectivity index (χ0v) is 18.4. The largest absolute Gasteiger partial charge is 0.497 e. The number of H-pyrrole nitrogens is 1. The average Bonchev–Trinajstić information content (AvgIpc) is 3.27. The molecule has 0 amide bonds. The Bertz CT molecular complexity index is 1260. The summed E-state index contributed by atoms with van der Waals surface area (Å²) >= 11 is 0. The van der Waals surface area contributed by atoms with Gasteiger partial charge in [-0.1, -0.05) is 42.5 Å². The standard InChI is InChI=1S/C28H27NO3/c1-3-32-28(30)26-17-21-15-20(10-14-25(21)29-26)27-23(18-7-5-4-6-8-18)12-9-19-16-22(31-2)11-13-24(19)27/h4-8,10-11,13-17,23,27,29H,3,9,12H2,1-2H3. The van der Waals surface area contributed by atoms with Crippen molar-refractivity contribution in [2.24, 2.45) is 0 Å². The Morgan fingerprint density at radius 1 is 1.00 bits per heavy atom. The maximum atomic E-state index is 12.2. The van der Waals surface area contributed by atoms with Gasteiger partial charge in [0.1, 0.15) is 11.4 Å². The minimum absolute atomic E-state index is 0.234. The van der Waals surface area contributed by atoms with Crippen LogP contribution in [0.3, 0.4) is 0 Å². The number of esters is 1. The number of ether oxygens (including phenoxy) is 2. The van der Waals surface area contributed by atoms with Gasteiger partial charge in [0.2, 0.25) is 0 Å². The van der Waals surface area contributed by atoms with E-state index in [9.17, 15) is 4.79 Å². The summed E-state index contributed by atoms with van der Waals surface area (Å²) in [6.45, 7) is 2.18. The van der Waals surface area contributed by atoms with Gasteiger partial charge < -0.3 is 14.5 Å². The van der Waals surface area contributed by atoms with Gasteiger partial charge in [0.25, 0.3) is 0 Å². The third kappa shape index (κ3) is 3.66. The molecule has 2 atom stereocenters. The summed E-state index contributed by atoms with van der Waals surface area (Å²) in [6, 6.07) is 25.6. The molecule has 0 saturated carbocycles. The molecule has 1 N–H and O–H groups in total. The normalized spacial score (nSPS) is 17.7. The monoisotopic (exact) mass is 425 g/mol. The fraction of sp³-hybridized carbons (Fsp3) is 0.250. The van der Waals surface area contributed by atoms with Gasteiger partial charge in [0.15, 0.2) is 0 Å². The molecule has 0 aliphatic heterocycles. The molecule has 1 aliphatic rings. The van der Waals surface area contributed by atoms with Crippen molar-refractivity contribution in [1.82, 2.24) is 4.98 Å². The van der Waals surface area contributed by atoms with Crippen LogP contribution in [0, 0.1) is 0 Å². The van der Waals surface area contributed by atoms with E-state index in [-0.39, 0.29) is 11.9 Å². The van der Waals surface area contributed by atoms with Gasteiger partial charge in [-0.2, -0.15) is 0 Å². The van der Waals surface area contributed by atoms with Crippen molar-refractivity contribution in [1.29, 1.82) is 0 Å². The highest BCUT2D eigenvalue weighted by Crippen LogP contribution is 2.47. The Balaban J connectivity index is 1.62. The van der Waals surface area contributed by atoms with Gasteiger partial charge in [0.05, 0.1) is 13.7 Å². The van der Waals surface area contributed by atoms with Gasteiger partial charge in [0, 0.05) is 16.8 Å². The lowest BCUT2D eigenvalue weighted by Gasteiger charge is -2.35. The van der Waals surface area contributed by atoms with Crippen LogP contribution < -0.4 is 4.74 Å². The summed E-state index contributed by atoms with van der Waals surface area (Å²) < 4.78 is 10.7. The molecule has 1 aliphatic carbocycles. The minimum atomic E-state index is -0.317. The number of aryl methyl sites for hydroxylation is 1. The predicted molar refractivity (Wildman–Crippen MR) is 127 cm³/mol. The molecule has 4 heteroatoms. The predicted octanol–water partition coefficient (Wildman–Crippen LogP) is 6.22. The van der Waals surface area contributed by atoms with E-state index in [1.807, 2.05) is 13.0 Å². The summed E-state index contributed by atoms with van der Waals surface area (Å²) in [7, 11) is 1.72. The first-order chi connectivity index (χ1) is 15.7. The molecule has 0 bridgehead atoms. The van der Waals surface area contributed by atoms with Crippen LogP contribution in [-0.2, 0) is 11.2 Å². The minimum Gasteiger partial charge on any atom is -0.497 e. The van der Waals surface area contributed by atoms with E-state index >= 15 is 0 Å². The maximum absolute atomic E-state index is 12.2. The van der Waals surface area contributed by atoms with Gasteiger partial charge in [-0.05, 0) is 78.3 Å². The van der Waals surface area contributed by atoms with Gasteiger partial charge in [-0.3, -0.25) is 0 Å². The van der Waals surface area contributed by atoms with Crippen molar-refractivity contribution in [3.8, 4) is 5.75 Å². The first-order valence-corrected chi connectivity index (χ1v) is 11.2. The molecule has 4 aromatic rings. The summed E-state index contributed by atoms with van der Waals surface area (Å²) in [4.78, 5) is 15.4. The maximum Gasteiger partial charge on any atom is 0.354 e. The Labute approximate surface area is 188 Å². The Morgan fingerprint density at radius 3 is 2.62 bits per heavy atom. The number of aromatic amines is 1. The number of hydrogen-bond donors (Lipinski definition) is 1. The molecule has 0 saturated heterocycles. The number of hydrogen-bond acceptors (Lipinski definition) is 3. The zero-order valence-electron chi connectivity index (χ0n) is 18.4. The number of aromatic nitrogens is 1. The van der Waals surface area contributed by atoms with Crippen molar-refractivity contribution >= 4 is 16.9 Å². The van der Waals surface area contributed by atoms with E-state index in [1.54, 1.807) is 7.11 Å². The molecule has 0 fully saturated rings. The third-order valence-electron chi connectivity index (χ3n) is 6.54. The second kappa shape index (κ2) is 8.54. The van der Waals surface area contributed by atoms with Crippen molar-refractivity contribution in [3.63, 3.8) is 0 Å². The van der Waals surface area contributed by atoms with Crippen LogP contribution in [0.5, 0.6) is 5.75 Å². The third-order valence-corrected chi connectivity index (χ3v) is 6.54. The SMILES string of the molecule is CCOC(=O)c1cc2cc(C3c4ccc(OC)cc4CCC3c3ccccc3)ccc2[nH]1. The van der Waals surface area contributed by atoms with Gasteiger partial charge in [-0.25, -0.2) is 4.79 Å². The van der Waals surface area contributed by atoms with Crippen molar-refractivity contribution in [3.05, 3.63) is 101 Å². The van der Waals surface area contributed by atoms with Gasteiger partial charge >= 0.3 is 5.97 Å². The highest BCUT2D eigenvalue weighted by atomic mass is 16.5. The molecule has 2 unspecified atom stereocenters. The lowest BCUT2D eigenvalue weighted by molar-refractivity contribution is 0.0520. The van der Waals surface area contributed by atoms with Crippen LogP contribution in [0.4, 0.5) is 0 Å². The average molecular weight is 426 g/mol. The van der Waals surface area contributed by atoms with Crippen LogP contribution in [0.2, 0.25) is 0 Å². The summed E-state index contributed by atoms with van der Waals surface area (Å²) in [5.41, 5.74) is 6.76. The second-order valence-electron chi connectivity index (χ2n) is 8.35. The molecule has 162 valence electrons. The Morgan fingerprint density at radius 2 is 1.84 bits per heavy atom. The number of carbonyl (C=O) groups is 1. The molecule has 3 aromatic carbocycles. The Hall–Kier alpha value is -3.53. The number of nitrogens with one attached hydrogen (secondary N) is 1. The smallest absolute Gasteiger partial charge is 0.354 e. The van der Waals surface area contributed by atoms with Gasteiger partial charge in [-0.15, -0.1) is 0 Å². The lowest BCUT2D eigenvalue weighted by atomic mass is 9.69. The summed E-state index contributed by atoms with van der Waals surface area (Å²) in [6.07, 6.45) is 2.11. The number of fused-ring (bicyclic) bond motifs is 2. The van der Waals surface area contributed by atoms with Crippen molar-refractivity contribution in [2.45, 2.75) is 31.6 Å². The number of carbonyl (C=O) groups excluding carboxylic acids is 1. The first-order valence-electron chi connectivity index (χ1n) is 11.2. The molecule has 32 heavy (non-hydrogen) atoms. The highest BCUT2D eigenvalue weighted by Gasteiger charge is 2.32. The second-order valence-corrected chi connectivity index (χ2v) is 8.35. The topological polar surface area (TPSA) is 51.3 Å². The van der Waals surface area contributed by atoms with Crippen molar-refractivity contribution < 1.29 is 14.3 Å². The van der Waals surface area contributed by atoms with Crippen LogP contribution in [0.15, 0.2) is 72.8 Å². The fourth-order valence-electron chi connectivity index (χ4n) is 5.06. The zero-order chi connectivity index (χ0) is 22.1. The van der Waals surface area contributed by atoms with E-state index < -0.39 is 0 Å². The Kier molecular flexibility index (Phi) is 5.44. The molecular weight excluding hydrogens is 398 g/mol. The molecule has 4 nitrogen and oxygen atoms in total. The fourth-order valence-corrected chi connectivity index (χ4v) is 5.06. The van der Waals surface area contributed by atoms with E-state index in [1.165, 1.54) is 22.3 Å².